The zero-order valence-electron chi connectivity index (χ0n) is 25.6. The number of carbonyl (C=O) groups is 1. The van der Waals surface area contributed by atoms with Crippen molar-refractivity contribution in [1.29, 1.82) is 0 Å². The van der Waals surface area contributed by atoms with Crippen LogP contribution in [0.15, 0.2) is 98.7 Å². The van der Waals surface area contributed by atoms with Gasteiger partial charge in [-0.05, 0) is 81.3 Å². The van der Waals surface area contributed by atoms with Gasteiger partial charge >= 0.3 is 5.97 Å². The van der Waals surface area contributed by atoms with E-state index in [4.69, 9.17) is 14.5 Å². The first-order valence-electron chi connectivity index (χ1n) is 14.6. The summed E-state index contributed by atoms with van der Waals surface area (Å²) in [4.78, 5) is 33.7. The molecule has 0 aliphatic carbocycles. The molecule has 0 fully saturated rings. The van der Waals surface area contributed by atoms with E-state index in [-0.39, 0.29) is 17.7 Å². The van der Waals surface area contributed by atoms with Crippen LogP contribution >= 0.6 is 27.3 Å². The van der Waals surface area contributed by atoms with Crippen molar-refractivity contribution in [2.45, 2.75) is 33.7 Å². The van der Waals surface area contributed by atoms with Crippen LogP contribution in [0, 0.1) is 20.8 Å². The molecule has 0 bridgehead atoms. The predicted molar refractivity (Wildman–Crippen MR) is 182 cm³/mol. The zero-order chi connectivity index (χ0) is 31.8. The van der Waals surface area contributed by atoms with Crippen molar-refractivity contribution in [3.05, 3.63) is 142 Å². The molecular weight excluding hydrogens is 650 g/mol. The van der Waals surface area contributed by atoms with Crippen LogP contribution in [0.4, 0.5) is 0 Å². The molecule has 0 saturated carbocycles. The normalized spacial score (nSPS) is 14.7. The Morgan fingerprint density at radius 1 is 1.02 bits per heavy atom. The van der Waals surface area contributed by atoms with E-state index in [0.717, 1.165) is 32.7 Å². The Bertz CT molecular complexity index is 2160. The molecule has 5 aromatic rings. The van der Waals surface area contributed by atoms with Crippen LogP contribution in [0.1, 0.15) is 46.6 Å². The molecule has 9 heteroatoms. The number of hydrogen-bond acceptors (Lipinski definition) is 6. The van der Waals surface area contributed by atoms with E-state index in [9.17, 15) is 9.59 Å². The third kappa shape index (κ3) is 5.62. The Morgan fingerprint density at radius 3 is 2.51 bits per heavy atom. The van der Waals surface area contributed by atoms with Crippen molar-refractivity contribution >= 4 is 45.0 Å². The van der Waals surface area contributed by atoms with Gasteiger partial charge in [0.05, 0.1) is 29.5 Å². The summed E-state index contributed by atoms with van der Waals surface area (Å²) in [6, 6.07) is 24.7. The van der Waals surface area contributed by atoms with Gasteiger partial charge in [0.1, 0.15) is 11.8 Å². The van der Waals surface area contributed by atoms with Gasteiger partial charge in [-0.25, -0.2) is 9.79 Å². The standard InChI is InChI=1S/C36H32BrN3O4S/c1-6-44-35(42)31-32(24-12-8-7-9-13-24)38-36-40(33(31)28-20-26(37)15-16-29(28)43-5)34(41)30(45-36)19-25-18-22(3)39(23(25)4)27-14-10-11-21(2)17-27/h7-20,33H,6H2,1-5H3/b30-19-/t33-/m1/s1. The summed E-state index contributed by atoms with van der Waals surface area (Å²) in [5.74, 6) is -0.00120. The van der Waals surface area contributed by atoms with Crippen LogP contribution < -0.4 is 19.6 Å². The SMILES string of the molecule is CCOC(=O)C1=C(c2ccccc2)N=c2s/c(=C\c3cc(C)n(-c4cccc(C)c4)c3C)c(=O)n2[C@@H]1c1cc(Br)ccc1OC. The molecule has 2 aromatic heterocycles. The maximum absolute atomic E-state index is 14.4. The van der Waals surface area contributed by atoms with E-state index in [1.54, 1.807) is 18.6 Å². The van der Waals surface area contributed by atoms with Gasteiger partial charge in [0.25, 0.3) is 5.56 Å². The number of benzene rings is 3. The maximum Gasteiger partial charge on any atom is 0.338 e. The monoisotopic (exact) mass is 681 g/mol. The molecule has 3 aromatic carbocycles. The first-order chi connectivity index (χ1) is 21.7. The Kier molecular flexibility index (Phi) is 8.48. The fraction of sp³-hybridized carbons (Fsp3) is 0.194. The topological polar surface area (TPSA) is 74.8 Å². The van der Waals surface area contributed by atoms with E-state index >= 15 is 0 Å². The highest BCUT2D eigenvalue weighted by Crippen LogP contribution is 2.40. The summed E-state index contributed by atoms with van der Waals surface area (Å²) in [7, 11) is 1.58. The number of carbonyl (C=O) groups excluding carboxylic acids is 1. The van der Waals surface area contributed by atoms with Crippen molar-refractivity contribution in [2.24, 2.45) is 4.99 Å². The van der Waals surface area contributed by atoms with E-state index < -0.39 is 12.0 Å². The molecule has 1 aliphatic rings. The van der Waals surface area contributed by atoms with Gasteiger partial charge < -0.3 is 14.0 Å². The largest absolute Gasteiger partial charge is 0.496 e. The molecule has 45 heavy (non-hydrogen) atoms. The number of fused-ring (bicyclic) bond motifs is 1. The number of thiazole rings is 1. The lowest BCUT2D eigenvalue weighted by atomic mass is 9.92. The first-order valence-corrected chi connectivity index (χ1v) is 16.2. The number of rotatable bonds is 7. The van der Waals surface area contributed by atoms with Gasteiger partial charge in [0, 0.05) is 32.7 Å². The van der Waals surface area contributed by atoms with Crippen LogP contribution in [-0.4, -0.2) is 28.8 Å². The molecule has 0 N–H and O–H groups in total. The minimum Gasteiger partial charge on any atom is -0.496 e. The fourth-order valence-electron chi connectivity index (χ4n) is 5.89. The number of aromatic nitrogens is 2. The second-order valence-electron chi connectivity index (χ2n) is 10.8. The van der Waals surface area contributed by atoms with Crippen LogP contribution in [-0.2, 0) is 9.53 Å². The van der Waals surface area contributed by atoms with Crippen LogP contribution in [0.3, 0.4) is 0 Å². The van der Waals surface area contributed by atoms with E-state index in [1.165, 1.54) is 16.9 Å². The van der Waals surface area contributed by atoms with Crippen LogP contribution in [0.2, 0.25) is 0 Å². The molecule has 1 atom stereocenters. The summed E-state index contributed by atoms with van der Waals surface area (Å²) in [6.07, 6.45) is 1.92. The van der Waals surface area contributed by atoms with Gasteiger partial charge in [0.15, 0.2) is 4.80 Å². The second kappa shape index (κ2) is 12.5. The molecule has 0 amide bonds. The summed E-state index contributed by atoms with van der Waals surface area (Å²) in [5.41, 5.74) is 7.13. The molecular formula is C36H32BrN3O4S. The number of nitrogens with zero attached hydrogens (tertiary/aromatic N) is 3. The average Bonchev–Trinajstić information content (AvgIpc) is 3.50. The molecule has 0 unspecified atom stereocenters. The predicted octanol–water partition coefficient (Wildman–Crippen LogP) is 6.42. The molecule has 0 radical (unpaired) electrons. The van der Waals surface area contributed by atoms with E-state index in [2.05, 4.69) is 65.5 Å². The number of halogens is 1. The quantitative estimate of drug-likeness (QED) is 0.186. The van der Waals surface area contributed by atoms with Crippen molar-refractivity contribution in [3.8, 4) is 11.4 Å². The lowest BCUT2D eigenvalue weighted by Gasteiger charge is -2.27. The zero-order valence-corrected chi connectivity index (χ0v) is 28.0. The molecule has 1 aliphatic heterocycles. The summed E-state index contributed by atoms with van der Waals surface area (Å²) < 4.78 is 16.4. The Morgan fingerprint density at radius 2 is 1.80 bits per heavy atom. The molecule has 228 valence electrons. The third-order valence-electron chi connectivity index (χ3n) is 7.88. The minimum absolute atomic E-state index is 0.174. The Hall–Kier alpha value is -4.47. The number of ether oxygens (including phenoxy) is 2. The molecule has 7 nitrogen and oxygen atoms in total. The van der Waals surface area contributed by atoms with Crippen LogP contribution in [0.25, 0.3) is 17.5 Å². The number of aryl methyl sites for hydroxylation is 2. The van der Waals surface area contributed by atoms with E-state index in [0.29, 0.717) is 26.3 Å². The molecule has 6 rings (SSSR count). The average molecular weight is 683 g/mol. The molecule has 3 heterocycles. The third-order valence-corrected chi connectivity index (χ3v) is 9.35. The Labute approximate surface area is 273 Å². The van der Waals surface area contributed by atoms with Gasteiger partial charge in [-0.1, -0.05) is 69.7 Å². The lowest BCUT2D eigenvalue weighted by molar-refractivity contribution is -0.138. The fourth-order valence-corrected chi connectivity index (χ4v) is 7.26. The van der Waals surface area contributed by atoms with Crippen LogP contribution in [0.5, 0.6) is 5.75 Å². The highest BCUT2D eigenvalue weighted by molar-refractivity contribution is 9.10. The van der Waals surface area contributed by atoms with Gasteiger partial charge in [0.2, 0.25) is 0 Å². The minimum atomic E-state index is -0.843. The van der Waals surface area contributed by atoms with Crippen molar-refractivity contribution < 1.29 is 14.3 Å². The van der Waals surface area contributed by atoms with Crippen molar-refractivity contribution in [2.75, 3.05) is 13.7 Å². The van der Waals surface area contributed by atoms with Crippen molar-refractivity contribution in [3.63, 3.8) is 0 Å². The molecule has 0 saturated heterocycles. The smallest absolute Gasteiger partial charge is 0.338 e. The first kappa shape index (κ1) is 30.6. The summed E-state index contributed by atoms with van der Waals surface area (Å²) in [5, 5.41) is 0. The van der Waals surface area contributed by atoms with Crippen molar-refractivity contribution in [1.82, 2.24) is 9.13 Å². The number of esters is 1. The number of methoxy groups -OCH3 is 1. The van der Waals surface area contributed by atoms with Gasteiger partial charge in [-0.15, -0.1) is 0 Å². The highest BCUT2D eigenvalue weighted by Gasteiger charge is 2.37. The lowest BCUT2D eigenvalue weighted by Crippen LogP contribution is -2.40. The number of hydrogen-bond donors (Lipinski definition) is 0. The second-order valence-corrected chi connectivity index (χ2v) is 12.7. The van der Waals surface area contributed by atoms with Gasteiger partial charge in [-0.2, -0.15) is 0 Å². The molecule has 0 spiro atoms. The van der Waals surface area contributed by atoms with Gasteiger partial charge in [-0.3, -0.25) is 9.36 Å². The summed E-state index contributed by atoms with van der Waals surface area (Å²) in [6.45, 7) is 8.13. The Balaban J connectivity index is 1.64. The maximum atomic E-state index is 14.4. The van der Waals surface area contributed by atoms with E-state index in [1.807, 2.05) is 60.7 Å². The summed E-state index contributed by atoms with van der Waals surface area (Å²) >= 11 is 4.88. The highest BCUT2D eigenvalue weighted by atomic mass is 79.9.